The number of carboxylic acid groups (broad SMARTS) is 1. The third kappa shape index (κ3) is 8.28. The lowest BCUT2D eigenvalue weighted by Crippen LogP contribution is -2.33. The molecule has 0 aromatic carbocycles. The van der Waals surface area contributed by atoms with Crippen molar-refractivity contribution in [2.45, 2.75) is 63.9 Å². The molecule has 18 heteroatoms. The zero-order valence-corrected chi connectivity index (χ0v) is 26.1. The maximum Gasteiger partial charge on any atom is 0.321 e. The Morgan fingerprint density at radius 2 is 1.91 bits per heavy atom. The topological polar surface area (TPSA) is 189 Å². The molecule has 1 aliphatic rings. The van der Waals surface area contributed by atoms with Crippen LogP contribution in [-0.4, -0.2) is 71.2 Å². The molecule has 14 nitrogen and oxygen atoms in total. The summed E-state index contributed by atoms with van der Waals surface area (Å²) < 4.78 is 42.5. The SMILES string of the molecule is CCOC1CCC(n2cc(NC(=O)c3csc(-c4cnn(COC(=O)C[C@H](N)C(=O)O)c4)n3)c(-c3nc(F)ccc3F)n2)CC1.Cl. The van der Waals surface area contributed by atoms with Crippen LogP contribution in [0.15, 0.2) is 36.1 Å². The molecule has 0 unspecified atom stereocenters. The number of nitrogens with two attached hydrogens (primary N) is 1. The van der Waals surface area contributed by atoms with Crippen LogP contribution >= 0.6 is 23.7 Å². The number of ether oxygens (including phenoxy) is 2. The number of amides is 1. The maximum absolute atomic E-state index is 14.8. The summed E-state index contributed by atoms with van der Waals surface area (Å²) in [5.41, 5.74) is 5.73. The minimum absolute atomic E-state index is 0. The average molecular weight is 681 g/mol. The number of carbonyl (C=O) groups excluding carboxylic acids is 2. The smallest absolute Gasteiger partial charge is 0.321 e. The van der Waals surface area contributed by atoms with Crippen molar-refractivity contribution in [2.24, 2.45) is 5.73 Å². The molecule has 4 heterocycles. The minimum atomic E-state index is -1.37. The molecule has 4 aromatic heterocycles. The van der Waals surface area contributed by atoms with Gasteiger partial charge in [-0.05, 0) is 44.7 Å². The van der Waals surface area contributed by atoms with Gasteiger partial charge < -0.3 is 25.6 Å². The Morgan fingerprint density at radius 3 is 2.63 bits per heavy atom. The molecular weight excluding hydrogens is 650 g/mol. The van der Waals surface area contributed by atoms with Crippen LogP contribution in [0.25, 0.3) is 22.0 Å². The summed E-state index contributed by atoms with van der Waals surface area (Å²) in [7, 11) is 0. The summed E-state index contributed by atoms with van der Waals surface area (Å²) in [6.07, 6.45) is 7.41. The summed E-state index contributed by atoms with van der Waals surface area (Å²) in [5.74, 6) is -4.41. The van der Waals surface area contributed by atoms with Gasteiger partial charge in [0.25, 0.3) is 5.91 Å². The van der Waals surface area contributed by atoms with Crippen molar-refractivity contribution in [3.8, 4) is 22.0 Å². The van der Waals surface area contributed by atoms with E-state index in [1.165, 1.54) is 22.5 Å². The Balaban J connectivity index is 0.00000480. The highest BCUT2D eigenvalue weighted by molar-refractivity contribution is 7.13. The number of anilines is 1. The first kappa shape index (κ1) is 34.6. The van der Waals surface area contributed by atoms with Crippen LogP contribution in [0.3, 0.4) is 0 Å². The number of pyridine rings is 1. The van der Waals surface area contributed by atoms with Crippen molar-refractivity contribution in [2.75, 3.05) is 11.9 Å². The number of carboxylic acids is 1. The number of esters is 1. The molecule has 0 spiro atoms. The van der Waals surface area contributed by atoms with E-state index in [1.54, 1.807) is 10.9 Å². The summed E-state index contributed by atoms with van der Waals surface area (Å²) in [6.45, 7) is 2.29. The second kappa shape index (κ2) is 15.3. The predicted octanol–water partition coefficient (Wildman–Crippen LogP) is 4.04. The Bertz CT molecular complexity index is 1690. The fourth-order valence-electron chi connectivity index (χ4n) is 4.85. The fourth-order valence-corrected chi connectivity index (χ4v) is 5.62. The Labute approximate surface area is 271 Å². The van der Waals surface area contributed by atoms with Gasteiger partial charge in [0.05, 0.1) is 30.5 Å². The monoisotopic (exact) mass is 680 g/mol. The van der Waals surface area contributed by atoms with Crippen molar-refractivity contribution in [3.63, 3.8) is 0 Å². The van der Waals surface area contributed by atoms with Gasteiger partial charge in [-0.25, -0.2) is 19.0 Å². The van der Waals surface area contributed by atoms with E-state index in [4.69, 9.17) is 20.3 Å². The number of aromatic nitrogens is 6. The zero-order chi connectivity index (χ0) is 32.1. The van der Waals surface area contributed by atoms with Crippen LogP contribution in [0.2, 0.25) is 0 Å². The van der Waals surface area contributed by atoms with Crippen molar-refractivity contribution >= 4 is 47.3 Å². The number of hydrogen-bond donors (Lipinski definition) is 3. The van der Waals surface area contributed by atoms with Gasteiger partial charge in [0.15, 0.2) is 12.5 Å². The van der Waals surface area contributed by atoms with Crippen LogP contribution in [0.5, 0.6) is 0 Å². The standard InChI is InChI=1S/C28H30F2N8O6S.ClH/c1-2-43-17-5-3-16(4-6-17)38-12-20(25(36-38)24-18(29)7-8-22(30)35-24)33-26(40)21-13-45-27(34-21)15-10-32-37(11-15)14-44-23(39)9-19(31)28(41)42;/h7-8,10-13,16-17,19H,2-6,9,14,31H2,1H3,(H,33,40)(H,41,42);1H/t16?,17?,19-;/m0./s1. The van der Waals surface area contributed by atoms with Crippen LogP contribution in [-0.2, 0) is 25.8 Å². The van der Waals surface area contributed by atoms with Gasteiger partial charge in [-0.3, -0.25) is 19.1 Å². The molecular formula is C28H31ClF2N8O6S. The van der Waals surface area contributed by atoms with Crippen LogP contribution < -0.4 is 11.1 Å². The Hall–Kier alpha value is -4.32. The molecule has 0 radical (unpaired) electrons. The Morgan fingerprint density at radius 1 is 1.15 bits per heavy atom. The number of halogens is 3. The molecule has 4 aromatic rings. The van der Waals surface area contributed by atoms with Gasteiger partial charge in [-0.15, -0.1) is 23.7 Å². The normalized spacial score (nSPS) is 16.8. The van der Waals surface area contributed by atoms with Crippen LogP contribution in [0.1, 0.15) is 55.6 Å². The minimum Gasteiger partial charge on any atom is -0.480 e. The lowest BCUT2D eigenvalue weighted by molar-refractivity contribution is -0.152. The molecule has 1 atom stereocenters. The predicted molar refractivity (Wildman–Crippen MR) is 163 cm³/mol. The molecule has 0 saturated heterocycles. The van der Waals surface area contributed by atoms with Gasteiger partial charge in [0, 0.05) is 29.9 Å². The first-order valence-corrected chi connectivity index (χ1v) is 15.0. The largest absolute Gasteiger partial charge is 0.480 e. The van der Waals surface area contributed by atoms with E-state index < -0.39 is 42.1 Å². The lowest BCUT2D eigenvalue weighted by Gasteiger charge is -2.28. The van der Waals surface area contributed by atoms with E-state index in [0.717, 1.165) is 49.2 Å². The molecule has 0 bridgehead atoms. The first-order chi connectivity index (χ1) is 21.6. The zero-order valence-electron chi connectivity index (χ0n) is 24.5. The number of hydrogen-bond acceptors (Lipinski definition) is 11. The van der Waals surface area contributed by atoms with E-state index in [9.17, 15) is 23.2 Å². The summed E-state index contributed by atoms with van der Waals surface area (Å²) in [4.78, 5) is 43.9. The number of nitrogens with one attached hydrogen (secondary N) is 1. The second-order valence-corrected chi connectivity index (χ2v) is 11.1. The summed E-state index contributed by atoms with van der Waals surface area (Å²) >= 11 is 1.16. The molecule has 46 heavy (non-hydrogen) atoms. The molecule has 4 N–H and O–H groups in total. The molecule has 1 saturated carbocycles. The maximum atomic E-state index is 14.8. The highest BCUT2D eigenvalue weighted by Crippen LogP contribution is 2.34. The van der Waals surface area contributed by atoms with Gasteiger partial charge in [-0.2, -0.15) is 14.6 Å². The molecule has 1 fully saturated rings. The molecule has 246 valence electrons. The molecule has 1 aliphatic carbocycles. The fraction of sp³-hybridized carbons (Fsp3) is 0.393. The Kier molecular flexibility index (Phi) is 11.5. The summed E-state index contributed by atoms with van der Waals surface area (Å²) in [6, 6.07) is 0.453. The molecule has 0 aliphatic heterocycles. The van der Waals surface area contributed by atoms with Crippen molar-refractivity contribution in [1.29, 1.82) is 0 Å². The van der Waals surface area contributed by atoms with Crippen molar-refractivity contribution < 1.29 is 37.7 Å². The van der Waals surface area contributed by atoms with Crippen LogP contribution in [0, 0.1) is 11.8 Å². The van der Waals surface area contributed by atoms with E-state index in [1.807, 2.05) is 6.92 Å². The highest BCUT2D eigenvalue weighted by atomic mass is 35.5. The third-order valence-corrected chi connectivity index (χ3v) is 8.01. The van der Waals surface area contributed by atoms with Gasteiger partial charge in [0.2, 0.25) is 5.95 Å². The van der Waals surface area contributed by atoms with Gasteiger partial charge >= 0.3 is 11.9 Å². The van der Waals surface area contributed by atoms with E-state index in [2.05, 4.69) is 25.5 Å². The van der Waals surface area contributed by atoms with Crippen LogP contribution in [0.4, 0.5) is 14.5 Å². The number of rotatable bonds is 12. The highest BCUT2D eigenvalue weighted by Gasteiger charge is 2.27. The van der Waals surface area contributed by atoms with E-state index >= 15 is 0 Å². The average Bonchev–Trinajstić information content (AvgIpc) is 3.78. The number of carbonyl (C=O) groups is 3. The number of aliphatic carboxylic acids is 1. The number of thiazole rings is 1. The second-order valence-electron chi connectivity index (χ2n) is 10.3. The van der Waals surface area contributed by atoms with Crippen molar-refractivity contribution in [3.05, 3.63) is 53.6 Å². The van der Waals surface area contributed by atoms with E-state index in [-0.39, 0.29) is 54.1 Å². The lowest BCUT2D eigenvalue weighted by atomic mass is 9.93. The third-order valence-electron chi connectivity index (χ3n) is 7.12. The quantitative estimate of drug-likeness (QED) is 0.145. The first-order valence-electron chi connectivity index (χ1n) is 14.1. The van der Waals surface area contributed by atoms with Gasteiger partial charge in [-0.1, -0.05) is 0 Å². The number of nitrogens with zero attached hydrogens (tertiary/aromatic N) is 6. The van der Waals surface area contributed by atoms with E-state index in [0.29, 0.717) is 17.2 Å². The van der Waals surface area contributed by atoms with Crippen molar-refractivity contribution in [1.82, 2.24) is 29.5 Å². The molecule has 1 amide bonds. The molecule has 5 rings (SSSR count). The van der Waals surface area contributed by atoms with Gasteiger partial charge in [0.1, 0.15) is 28.1 Å². The summed E-state index contributed by atoms with van der Waals surface area (Å²) in [5, 5.41) is 22.1.